The Morgan fingerprint density at radius 2 is 2.17 bits per heavy atom. The molecule has 1 aliphatic carbocycles. The molecule has 1 aromatic rings. The topological polar surface area (TPSA) is 34.1 Å². The van der Waals surface area contributed by atoms with E-state index in [9.17, 15) is 0 Å². The number of nitrogens with zero attached hydrogens (tertiary/aromatic N) is 1. The molecule has 18 heavy (non-hydrogen) atoms. The number of nitrogens with one attached hydrogen (secondary N) is 1. The van der Waals surface area contributed by atoms with Crippen LogP contribution < -0.4 is 5.32 Å². The highest BCUT2D eigenvalue weighted by molar-refractivity contribution is 7.11. The molecule has 0 atom stereocenters. The van der Waals surface area contributed by atoms with Crippen LogP contribution in [0.4, 0.5) is 0 Å². The van der Waals surface area contributed by atoms with Crippen LogP contribution in [-0.4, -0.2) is 18.1 Å². The van der Waals surface area contributed by atoms with E-state index in [1.165, 1.54) is 29.8 Å². The minimum Gasteiger partial charge on any atom is -0.374 e. The van der Waals surface area contributed by atoms with Crippen LogP contribution in [0.15, 0.2) is 0 Å². The van der Waals surface area contributed by atoms with Crippen molar-refractivity contribution in [3.05, 3.63) is 15.6 Å². The van der Waals surface area contributed by atoms with Gasteiger partial charge in [0.05, 0.1) is 12.3 Å². The molecule has 102 valence electrons. The van der Waals surface area contributed by atoms with Crippen molar-refractivity contribution >= 4 is 11.3 Å². The summed E-state index contributed by atoms with van der Waals surface area (Å²) in [6.07, 6.45) is 4.90. The number of hydrogen-bond acceptors (Lipinski definition) is 4. The molecular weight excluding hydrogens is 244 g/mol. The second-order valence-electron chi connectivity index (χ2n) is 4.92. The van der Waals surface area contributed by atoms with Crippen molar-refractivity contribution in [2.24, 2.45) is 0 Å². The van der Waals surface area contributed by atoms with Crippen LogP contribution in [0.25, 0.3) is 0 Å². The third kappa shape index (κ3) is 4.04. The molecule has 0 bridgehead atoms. The molecule has 1 saturated carbocycles. The number of aromatic nitrogens is 1. The Bertz CT molecular complexity index is 361. The molecule has 1 N–H and O–H groups in total. The van der Waals surface area contributed by atoms with Crippen LogP contribution in [0.3, 0.4) is 0 Å². The molecule has 1 heterocycles. The van der Waals surface area contributed by atoms with Gasteiger partial charge in [-0.05, 0) is 32.2 Å². The van der Waals surface area contributed by atoms with Gasteiger partial charge in [-0.3, -0.25) is 0 Å². The number of rotatable bonds is 9. The Hall–Kier alpha value is -0.450. The van der Waals surface area contributed by atoms with Crippen molar-refractivity contribution in [2.45, 2.75) is 58.6 Å². The molecule has 0 saturated heterocycles. The van der Waals surface area contributed by atoms with E-state index in [2.05, 4.69) is 19.2 Å². The summed E-state index contributed by atoms with van der Waals surface area (Å²) in [5.41, 5.74) is 1.35. The molecule has 1 aliphatic rings. The molecule has 0 aromatic carbocycles. The van der Waals surface area contributed by atoms with Crippen molar-refractivity contribution in [1.29, 1.82) is 0 Å². The monoisotopic (exact) mass is 268 g/mol. The number of thiazole rings is 1. The summed E-state index contributed by atoms with van der Waals surface area (Å²) in [5, 5.41) is 4.64. The first-order valence-corrected chi connectivity index (χ1v) is 7.93. The normalized spacial score (nSPS) is 15.2. The van der Waals surface area contributed by atoms with E-state index < -0.39 is 0 Å². The van der Waals surface area contributed by atoms with Gasteiger partial charge in [0.15, 0.2) is 0 Å². The zero-order chi connectivity index (χ0) is 12.8. The minimum atomic E-state index is 0.687. The predicted octanol–water partition coefficient (Wildman–Crippen LogP) is 3.45. The Morgan fingerprint density at radius 3 is 2.83 bits per heavy atom. The molecule has 0 aliphatic heterocycles. The smallest absolute Gasteiger partial charge is 0.119 e. The molecule has 2 rings (SSSR count). The number of hydrogen-bond donors (Lipinski definition) is 1. The standard InChI is InChI=1S/C14H24N2OS/c1-3-7-15-9-12-14(11-5-6-11)16-13(18-12)10-17-8-4-2/h11,15H,3-10H2,1-2H3. The first-order valence-electron chi connectivity index (χ1n) is 7.12. The quantitative estimate of drug-likeness (QED) is 0.697. The second-order valence-corrected chi connectivity index (χ2v) is 6.09. The highest BCUT2D eigenvalue weighted by Gasteiger charge is 2.29. The lowest BCUT2D eigenvalue weighted by atomic mass is 10.2. The predicted molar refractivity (Wildman–Crippen MR) is 76.0 cm³/mol. The minimum absolute atomic E-state index is 0.687. The Kier molecular flexibility index (Phi) is 5.60. The largest absolute Gasteiger partial charge is 0.374 e. The summed E-state index contributed by atoms with van der Waals surface area (Å²) >= 11 is 1.83. The third-order valence-corrected chi connectivity index (χ3v) is 4.07. The highest BCUT2D eigenvalue weighted by Crippen LogP contribution is 2.42. The van der Waals surface area contributed by atoms with E-state index in [1.807, 2.05) is 11.3 Å². The molecule has 1 fully saturated rings. The fourth-order valence-corrected chi connectivity index (χ4v) is 3.02. The van der Waals surface area contributed by atoms with E-state index in [1.54, 1.807) is 0 Å². The zero-order valence-corrected chi connectivity index (χ0v) is 12.3. The van der Waals surface area contributed by atoms with Gasteiger partial charge in [-0.25, -0.2) is 4.98 Å². The maximum Gasteiger partial charge on any atom is 0.119 e. The van der Waals surface area contributed by atoms with E-state index in [4.69, 9.17) is 9.72 Å². The molecule has 3 nitrogen and oxygen atoms in total. The lowest BCUT2D eigenvalue weighted by Crippen LogP contribution is -2.13. The summed E-state index contributed by atoms with van der Waals surface area (Å²) in [4.78, 5) is 6.21. The van der Waals surface area contributed by atoms with E-state index in [0.29, 0.717) is 6.61 Å². The summed E-state index contributed by atoms with van der Waals surface area (Å²) in [7, 11) is 0. The second kappa shape index (κ2) is 7.22. The molecule has 1 aromatic heterocycles. The van der Waals surface area contributed by atoms with E-state index >= 15 is 0 Å². The fraction of sp³-hybridized carbons (Fsp3) is 0.786. The van der Waals surface area contributed by atoms with Gasteiger partial charge in [0.25, 0.3) is 0 Å². The van der Waals surface area contributed by atoms with Crippen molar-refractivity contribution in [3.63, 3.8) is 0 Å². The van der Waals surface area contributed by atoms with Gasteiger partial charge in [0.2, 0.25) is 0 Å². The van der Waals surface area contributed by atoms with Crippen LogP contribution in [0, 0.1) is 0 Å². The molecule has 0 radical (unpaired) electrons. The van der Waals surface area contributed by atoms with Crippen molar-refractivity contribution < 1.29 is 4.74 Å². The molecule has 4 heteroatoms. The van der Waals surface area contributed by atoms with Crippen LogP contribution in [0.1, 0.15) is 61.0 Å². The third-order valence-electron chi connectivity index (χ3n) is 3.02. The van der Waals surface area contributed by atoms with Gasteiger partial charge in [-0.1, -0.05) is 13.8 Å². The fourth-order valence-electron chi connectivity index (χ4n) is 1.96. The average Bonchev–Trinajstić information content (AvgIpc) is 3.13. The maximum absolute atomic E-state index is 5.59. The lowest BCUT2D eigenvalue weighted by Gasteiger charge is -2.01. The van der Waals surface area contributed by atoms with Gasteiger partial charge in [0, 0.05) is 23.9 Å². The van der Waals surface area contributed by atoms with Crippen LogP contribution in [0.2, 0.25) is 0 Å². The summed E-state index contributed by atoms with van der Waals surface area (Å²) in [6, 6.07) is 0. The average molecular weight is 268 g/mol. The summed E-state index contributed by atoms with van der Waals surface area (Å²) in [5.74, 6) is 0.736. The van der Waals surface area contributed by atoms with Gasteiger partial charge in [-0.2, -0.15) is 0 Å². The lowest BCUT2D eigenvalue weighted by molar-refractivity contribution is 0.121. The molecule has 0 spiro atoms. The molecular formula is C14H24N2OS. The zero-order valence-electron chi connectivity index (χ0n) is 11.5. The SMILES string of the molecule is CCCNCc1sc(COCCC)nc1C1CC1. The Morgan fingerprint density at radius 1 is 1.33 bits per heavy atom. The van der Waals surface area contributed by atoms with E-state index in [-0.39, 0.29) is 0 Å². The highest BCUT2D eigenvalue weighted by atomic mass is 32.1. The van der Waals surface area contributed by atoms with Crippen LogP contribution >= 0.6 is 11.3 Å². The Labute approximate surface area is 114 Å². The van der Waals surface area contributed by atoms with Gasteiger partial charge in [-0.15, -0.1) is 11.3 Å². The maximum atomic E-state index is 5.59. The first kappa shape index (κ1) is 14.0. The van der Waals surface area contributed by atoms with E-state index in [0.717, 1.165) is 37.0 Å². The van der Waals surface area contributed by atoms with Gasteiger partial charge in [0.1, 0.15) is 5.01 Å². The van der Waals surface area contributed by atoms with Crippen molar-refractivity contribution in [1.82, 2.24) is 10.3 Å². The van der Waals surface area contributed by atoms with Crippen molar-refractivity contribution in [2.75, 3.05) is 13.2 Å². The number of ether oxygens (including phenoxy) is 1. The van der Waals surface area contributed by atoms with Gasteiger partial charge < -0.3 is 10.1 Å². The summed E-state index contributed by atoms with van der Waals surface area (Å²) < 4.78 is 5.59. The van der Waals surface area contributed by atoms with Gasteiger partial charge >= 0.3 is 0 Å². The molecule has 0 amide bonds. The first-order chi connectivity index (χ1) is 8.85. The van der Waals surface area contributed by atoms with Crippen molar-refractivity contribution in [3.8, 4) is 0 Å². The van der Waals surface area contributed by atoms with Crippen LogP contribution in [-0.2, 0) is 17.9 Å². The summed E-state index contributed by atoms with van der Waals surface area (Å²) in [6.45, 7) is 7.92. The van der Waals surface area contributed by atoms with Crippen LogP contribution in [0.5, 0.6) is 0 Å². The molecule has 0 unspecified atom stereocenters. The Balaban J connectivity index is 1.92.